The van der Waals surface area contributed by atoms with Crippen LogP contribution in [0.5, 0.6) is 0 Å². The summed E-state index contributed by atoms with van der Waals surface area (Å²) in [6, 6.07) is 10.8. The van der Waals surface area contributed by atoms with E-state index >= 15 is 0 Å². The summed E-state index contributed by atoms with van der Waals surface area (Å²) in [4.78, 5) is 13.9. The van der Waals surface area contributed by atoms with E-state index in [1.165, 1.54) is 11.6 Å². The van der Waals surface area contributed by atoms with Gasteiger partial charge in [-0.05, 0) is 55.4 Å². The number of benzene rings is 1. The normalized spacial score (nSPS) is 22.6. The summed E-state index contributed by atoms with van der Waals surface area (Å²) >= 11 is 0. The summed E-state index contributed by atoms with van der Waals surface area (Å²) in [6.07, 6.45) is 5.08. The van der Waals surface area contributed by atoms with Crippen molar-refractivity contribution >= 4 is 0 Å². The Morgan fingerprint density at radius 1 is 1.27 bits per heavy atom. The van der Waals surface area contributed by atoms with Crippen molar-refractivity contribution in [3.63, 3.8) is 0 Å². The molecule has 1 aromatic heterocycles. The molecule has 1 saturated carbocycles. The molecule has 0 bridgehead atoms. The number of hydrogen-bond donors (Lipinski definition) is 2. The highest BCUT2D eigenvalue weighted by molar-refractivity contribution is 5.20. The second-order valence-corrected chi connectivity index (χ2v) is 6.14. The third kappa shape index (κ3) is 3.45. The summed E-state index contributed by atoms with van der Waals surface area (Å²) < 4.78 is 13.3. The highest BCUT2D eigenvalue weighted by Crippen LogP contribution is 2.34. The molecule has 3 atom stereocenters. The lowest BCUT2D eigenvalue weighted by Gasteiger charge is -2.20. The van der Waals surface area contributed by atoms with Crippen LogP contribution >= 0.6 is 0 Å². The van der Waals surface area contributed by atoms with Crippen LogP contribution < -0.4 is 10.9 Å². The fourth-order valence-electron chi connectivity index (χ4n) is 3.34. The van der Waals surface area contributed by atoms with Crippen LogP contribution in [-0.2, 0) is 0 Å². The molecular weight excluding hydrogens is 279 g/mol. The zero-order valence-corrected chi connectivity index (χ0v) is 12.7. The van der Waals surface area contributed by atoms with Crippen LogP contribution in [0, 0.1) is 5.82 Å². The predicted molar refractivity (Wildman–Crippen MR) is 85.4 cm³/mol. The molecule has 1 aliphatic rings. The van der Waals surface area contributed by atoms with Crippen LogP contribution in [-0.4, -0.2) is 11.0 Å². The maximum Gasteiger partial charge on any atom is 0.247 e. The molecule has 116 valence electrons. The minimum Gasteiger partial charge on any atom is -0.329 e. The minimum atomic E-state index is -0.191. The van der Waals surface area contributed by atoms with Crippen molar-refractivity contribution in [3.8, 4) is 0 Å². The predicted octanol–water partition coefficient (Wildman–Crippen LogP) is 3.50. The Morgan fingerprint density at radius 2 is 2.14 bits per heavy atom. The molecule has 2 N–H and O–H groups in total. The lowest BCUT2D eigenvalue weighted by molar-refractivity contribution is 0.455. The van der Waals surface area contributed by atoms with Gasteiger partial charge >= 0.3 is 0 Å². The fourth-order valence-corrected chi connectivity index (χ4v) is 3.34. The number of H-pyrrole nitrogens is 1. The third-order valence-electron chi connectivity index (χ3n) is 4.55. The van der Waals surface area contributed by atoms with E-state index in [1.54, 1.807) is 18.2 Å². The van der Waals surface area contributed by atoms with E-state index in [0.717, 1.165) is 24.8 Å². The molecule has 0 radical (unpaired) electrons. The number of aromatic amines is 1. The summed E-state index contributed by atoms with van der Waals surface area (Å²) in [5.74, 6) is 0.290. The van der Waals surface area contributed by atoms with Crippen LogP contribution in [0.25, 0.3) is 0 Å². The molecule has 22 heavy (non-hydrogen) atoms. The first-order valence-electron chi connectivity index (χ1n) is 7.82. The fraction of sp³-hybridized carbons (Fsp3) is 0.389. The van der Waals surface area contributed by atoms with Gasteiger partial charge < -0.3 is 10.3 Å². The molecule has 1 fully saturated rings. The zero-order valence-electron chi connectivity index (χ0n) is 12.7. The van der Waals surface area contributed by atoms with E-state index in [-0.39, 0.29) is 17.4 Å². The molecular formula is C18H21FN2O. The average Bonchev–Trinajstić information content (AvgIpc) is 2.96. The van der Waals surface area contributed by atoms with Crippen LogP contribution in [0.1, 0.15) is 49.3 Å². The highest BCUT2D eigenvalue weighted by atomic mass is 19.1. The van der Waals surface area contributed by atoms with Gasteiger partial charge in [-0.2, -0.15) is 0 Å². The highest BCUT2D eigenvalue weighted by Gasteiger charge is 2.27. The van der Waals surface area contributed by atoms with Crippen molar-refractivity contribution in [1.82, 2.24) is 10.3 Å². The van der Waals surface area contributed by atoms with E-state index in [0.29, 0.717) is 12.0 Å². The number of halogens is 1. The van der Waals surface area contributed by atoms with Gasteiger partial charge in [0.25, 0.3) is 0 Å². The lowest BCUT2D eigenvalue weighted by Crippen LogP contribution is -2.29. The molecule has 0 saturated heterocycles. The topological polar surface area (TPSA) is 44.9 Å². The molecule has 1 aromatic carbocycles. The standard InChI is InChI=1S/C18H21FN2O/c1-12(13-3-2-4-16(19)9-13)21-17-7-5-14(10-17)15-6-8-18(22)20-11-15/h2-4,6,8-9,11-12,14,17,21H,5,7,10H2,1H3,(H,20,22)/t12-,14?,17+/m1/s1. The maximum absolute atomic E-state index is 13.3. The van der Waals surface area contributed by atoms with Crippen molar-refractivity contribution in [3.05, 3.63) is 69.9 Å². The van der Waals surface area contributed by atoms with Gasteiger partial charge in [-0.3, -0.25) is 4.79 Å². The average molecular weight is 300 g/mol. The van der Waals surface area contributed by atoms with Crippen molar-refractivity contribution in [2.24, 2.45) is 0 Å². The van der Waals surface area contributed by atoms with Crippen LogP contribution in [0.3, 0.4) is 0 Å². The smallest absolute Gasteiger partial charge is 0.247 e. The zero-order chi connectivity index (χ0) is 15.5. The summed E-state index contributed by atoms with van der Waals surface area (Å²) in [6.45, 7) is 2.07. The molecule has 0 spiro atoms. The van der Waals surface area contributed by atoms with Gasteiger partial charge in [0, 0.05) is 24.3 Å². The van der Waals surface area contributed by atoms with Crippen LogP contribution in [0.2, 0.25) is 0 Å². The molecule has 0 amide bonds. The molecule has 4 heteroatoms. The Bertz CT molecular complexity index is 677. The van der Waals surface area contributed by atoms with Gasteiger partial charge in [-0.1, -0.05) is 18.2 Å². The van der Waals surface area contributed by atoms with Crippen molar-refractivity contribution in [1.29, 1.82) is 0 Å². The van der Waals surface area contributed by atoms with E-state index in [9.17, 15) is 9.18 Å². The Morgan fingerprint density at radius 3 is 2.86 bits per heavy atom. The first-order valence-corrected chi connectivity index (χ1v) is 7.82. The summed E-state index contributed by atoms with van der Waals surface area (Å²) in [5, 5.41) is 3.59. The van der Waals surface area contributed by atoms with Crippen molar-refractivity contribution < 1.29 is 4.39 Å². The first kappa shape index (κ1) is 15.0. The van der Waals surface area contributed by atoms with Gasteiger partial charge in [0.05, 0.1) is 0 Å². The van der Waals surface area contributed by atoms with Gasteiger partial charge in [0.2, 0.25) is 5.56 Å². The van der Waals surface area contributed by atoms with Crippen LogP contribution in [0.4, 0.5) is 4.39 Å². The Balaban J connectivity index is 1.61. The number of rotatable bonds is 4. The Labute approximate surface area is 129 Å². The van der Waals surface area contributed by atoms with Crippen LogP contribution in [0.15, 0.2) is 47.4 Å². The molecule has 1 unspecified atom stereocenters. The Hall–Kier alpha value is -1.94. The van der Waals surface area contributed by atoms with Crippen molar-refractivity contribution in [2.45, 2.75) is 44.2 Å². The van der Waals surface area contributed by atoms with E-state index < -0.39 is 0 Å². The third-order valence-corrected chi connectivity index (χ3v) is 4.55. The lowest BCUT2D eigenvalue weighted by atomic mass is 9.99. The van der Waals surface area contributed by atoms with Gasteiger partial charge in [0.15, 0.2) is 0 Å². The number of nitrogens with one attached hydrogen (secondary N) is 2. The molecule has 3 rings (SSSR count). The van der Waals surface area contributed by atoms with Gasteiger partial charge in [-0.15, -0.1) is 0 Å². The monoisotopic (exact) mass is 300 g/mol. The maximum atomic E-state index is 13.3. The number of hydrogen-bond acceptors (Lipinski definition) is 2. The molecule has 0 aliphatic heterocycles. The second kappa shape index (κ2) is 6.44. The second-order valence-electron chi connectivity index (χ2n) is 6.14. The summed E-state index contributed by atoms with van der Waals surface area (Å²) in [5.41, 5.74) is 2.12. The first-order chi connectivity index (χ1) is 10.6. The summed E-state index contributed by atoms with van der Waals surface area (Å²) in [7, 11) is 0. The number of aromatic nitrogens is 1. The quantitative estimate of drug-likeness (QED) is 0.907. The molecule has 3 nitrogen and oxygen atoms in total. The SMILES string of the molecule is C[C@@H](N[C@H]1CCC(c2ccc(=O)[nH]c2)C1)c1cccc(F)c1. The van der Waals surface area contributed by atoms with Crippen molar-refractivity contribution in [2.75, 3.05) is 0 Å². The van der Waals surface area contributed by atoms with E-state index in [4.69, 9.17) is 0 Å². The molecule has 1 heterocycles. The van der Waals surface area contributed by atoms with Gasteiger partial charge in [-0.25, -0.2) is 4.39 Å². The Kier molecular flexibility index (Phi) is 4.39. The van der Waals surface area contributed by atoms with E-state index in [1.807, 2.05) is 18.3 Å². The van der Waals surface area contributed by atoms with E-state index in [2.05, 4.69) is 17.2 Å². The minimum absolute atomic E-state index is 0.0591. The van der Waals surface area contributed by atoms with Gasteiger partial charge in [0.1, 0.15) is 5.82 Å². The number of pyridine rings is 1. The molecule has 2 aromatic rings. The molecule has 1 aliphatic carbocycles. The largest absolute Gasteiger partial charge is 0.329 e.